The van der Waals surface area contributed by atoms with E-state index >= 15 is 0 Å². The molecule has 0 spiro atoms. The summed E-state index contributed by atoms with van der Waals surface area (Å²) in [4.78, 5) is 30.6. The van der Waals surface area contributed by atoms with Crippen molar-refractivity contribution in [3.05, 3.63) is 78.6 Å². The summed E-state index contributed by atoms with van der Waals surface area (Å²) >= 11 is 0. The summed E-state index contributed by atoms with van der Waals surface area (Å²) in [6.45, 7) is 1.88. The number of nitrogens with zero attached hydrogens (tertiary/aromatic N) is 4. The zero-order chi connectivity index (χ0) is 26.1. The summed E-state index contributed by atoms with van der Waals surface area (Å²) in [5, 5.41) is 10.1. The first kappa shape index (κ1) is 26.4. The van der Waals surface area contributed by atoms with Crippen LogP contribution >= 0.6 is 0 Å². The Morgan fingerprint density at radius 3 is 2.56 bits per heavy atom. The maximum absolute atomic E-state index is 12.9. The summed E-state index contributed by atoms with van der Waals surface area (Å²) < 4.78 is 40.8. The number of rotatable bonds is 8. The average molecular weight is 503 g/mol. The van der Waals surface area contributed by atoms with Gasteiger partial charge in [-0.2, -0.15) is 13.2 Å². The molecule has 9 nitrogen and oxygen atoms in total. The number of methoxy groups -OCH3 is 1. The van der Waals surface area contributed by atoms with Gasteiger partial charge in [-0.05, 0) is 30.3 Å². The molecular formula is C24H24F3N5O4. The van der Waals surface area contributed by atoms with E-state index in [-0.39, 0.29) is 5.91 Å². The van der Waals surface area contributed by atoms with Crippen LogP contribution in [0.3, 0.4) is 0 Å². The van der Waals surface area contributed by atoms with Crippen LogP contribution < -0.4 is 5.32 Å². The van der Waals surface area contributed by atoms with Gasteiger partial charge in [-0.25, -0.2) is 9.78 Å². The maximum Gasteiger partial charge on any atom is 0.490 e. The molecule has 0 aliphatic rings. The van der Waals surface area contributed by atoms with Gasteiger partial charge in [0, 0.05) is 50.9 Å². The summed E-state index contributed by atoms with van der Waals surface area (Å²) in [6.07, 6.45) is 3.06. The highest BCUT2D eigenvalue weighted by molar-refractivity contribution is 6.02. The zero-order valence-corrected chi connectivity index (χ0v) is 19.3. The molecule has 1 amide bonds. The molecule has 0 saturated carbocycles. The van der Waals surface area contributed by atoms with Crippen LogP contribution in [0, 0.1) is 0 Å². The van der Waals surface area contributed by atoms with Crippen molar-refractivity contribution in [1.29, 1.82) is 0 Å². The minimum absolute atomic E-state index is 0.102. The molecular weight excluding hydrogens is 479 g/mol. The van der Waals surface area contributed by atoms with E-state index in [4.69, 9.17) is 14.6 Å². The highest BCUT2D eigenvalue weighted by atomic mass is 19.4. The summed E-state index contributed by atoms with van der Waals surface area (Å²) in [5.74, 6) is -2.86. The number of aromatic nitrogens is 4. The number of nitrogens with one attached hydrogen (secondary N) is 1. The van der Waals surface area contributed by atoms with Crippen LogP contribution in [0.15, 0.2) is 67.4 Å². The normalized spacial score (nSPS) is 11.1. The van der Waals surface area contributed by atoms with E-state index in [9.17, 15) is 18.0 Å². The number of hydrogen-bond donors (Lipinski definition) is 2. The number of carboxylic acids is 1. The summed E-state index contributed by atoms with van der Waals surface area (Å²) in [5.41, 5.74) is 4.13. The standard InChI is InChI=1S/C22H23N5O2.C2HF3O2/c1-29-13-12-26-15-19(25-16-26)21-14-18(20-7-3-5-11-27(20)21)22(28)24-10-8-17-6-2-4-9-23-17;3-2(4,5)1(6)7/h2-7,9,11,14-16H,8,10,12-13H2,1H3,(H,24,28);(H,6,7). The number of ether oxygens (including phenoxy) is 1. The fourth-order valence-electron chi connectivity index (χ4n) is 3.29. The Labute approximate surface area is 204 Å². The van der Waals surface area contributed by atoms with Crippen LogP contribution in [0.1, 0.15) is 16.1 Å². The molecule has 12 heteroatoms. The van der Waals surface area contributed by atoms with Gasteiger partial charge in [-0.1, -0.05) is 12.1 Å². The van der Waals surface area contributed by atoms with E-state index in [0.717, 1.165) is 29.1 Å². The highest BCUT2D eigenvalue weighted by Crippen LogP contribution is 2.25. The SMILES string of the molecule is COCCn1cnc(-c2cc(C(=O)NCCc3ccccn3)c3ccccn23)c1.O=C(O)C(F)(F)F. The Morgan fingerprint density at radius 1 is 1.14 bits per heavy atom. The smallest absolute Gasteiger partial charge is 0.475 e. The van der Waals surface area contributed by atoms with Gasteiger partial charge < -0.3 is 24.1 Å². The number of carbonyl (C=O) groups is 2. The zero-order valence-electron chi connectivity index (χ0n) is 19.3. The predicted molar refractivity (Wildman–Crippen MR) is 124 cm³/mol. The minimum Gasteiger partial charge on any atom is -0.475 e. The van der Waals surface area contributed by atoms with Gasteiger partial charge in [0.15, 0.2) is 0 Å². The molecule has 0 saturated heterocycles. The Hall–Kier alpha value is -4.19. The first-order valence-corrected chi connectivity index (χ1v) is 10.8. The third-order valence-electron chi connectivity index (χ3n) is 5.01. The molecule has 190 valence electrons. The topological polar surface area (TPSA) is 111 Å². The average Bonchev–Trinajstić information content (AvgIpc) is 3.48. The lowest BCUT2D eigenvalue weighted by atomic mass is 10.2. The number of aliphatic carboxylic acids is 1. The van der Waals surface area contributed by atoms with Crippen LogP contribution in [0.5, 0.6) is 0 Å². The molecule has 0 aromatic carbocycles. The molecule has 4 rings (SSSR count). The first-order valence-electron chi connectivity index (χ1n) is 10.8. The van der Waals surface area contributed by atoms with E-state index in [0.29, 0.717) is 25.1 Å². The van der Waals surface area contributed by atoms with Crippen molar-refractivity contribution < 1.29 is 32.6 Å². The maximum atomic E-state index is 12.9. The second-order valence-corrected chi connectivity index (χ2v) is 7.52. The van der Waals surface area contributed by atoms with Gasteiger partial charge in [0.1, 0.15) is 5.69 Å². The molecule has 4 aromatic heterocycles. The summed E-state index contributed by atoms with van der Waals surface area (Å²) in [7, 11) is 1.68. The minimum atomic E-state index is -5.08. The highest BCUT2D eigenvalue weighted by Gasteiger charge is 2.38. The van der Waals surface area contributed by atoms with E-state index in [1.807, 2.05) is 63.8 Å². The van der Waals surface area contributed by atoms with Crippen LogP contribution in [-0.2, 0) is 22.5 Å². The van der Waals surface area contributed by atoms with Crippen molar-refractivity contribution in [3.63, 3.8) is 0 Å². The molecule has 0 atom stereocenters. The first-order chi connectivity index (χ1) is 17.2. The monoisotopic (exact) mass is 503 g/mol. The quantitative estimate of drug-likeness (QED) is 0.381. The van der Waals surface area contributed by atoms with E-state index in [1.54, 1.807) is 19.6 Å². The van der Waals surface area contributed by atoms with E-state index in [1.165, 1.54) is 0 Å². The van der Waals surface area contributed by atoms with Crippen LogP contribution in [0.2, 0.25) is 0 Å². The number of fused-ring (bicyclic) bond motifs is 1. The lowest BCUT2D eigenvalue weighted by molar-refractivity contribution is -0.192. The number of pyridine rings is 2. The van der Waals surface area contributed by atoms with Crippen molar-refractivity contribution in [1.82, 2.24) is 24.3 Å². The van der Waals surface area contributed by atoms with Crippen molar-refractivity contribution in [3.8, 4) is 11.4 Å². The Kier molecular flexibility index (Phi) is 8.79. The van der Waals surface area contributed by atoms with Crippen molar-refractivity contribution >= 4 is 17.4 Å². The summed E-state index contributed by atoms with van der Waals surface area (Å²) in [6, 6.07) is 13.5. The second kappa shape index (κ2) is 12.0. The van der Waals surface area contributed by atoms with Crippen LogP contribution in [0.4, 0.5) is 13.2 Å². The molecule has 0 aliphatic heterocycles. The molecule has 2 N–H and O–H groups in total. The largest absolute Gasteiger partial charge is 0.490 e. The van der Waals surface area contributed by atoms with Crippen molar-refractivity contribution in [2.75, 3.05) is 20.3 Å². The van der Waals surface area contributed by atoms with Gasteiger partial charge in [0.05, 0.1) is 29.7 Å². The molecule has 4 heterocycles. The molecule has 0 fully saturated rings. The van der Waals surface area contributed by atoms with Crippen molar-refractivity contribution in [2.24, 2.45) is 0 Å². The number of amides is 1. The third kappa shape index (κ3) is 6.92. The fourth-order valence-corrected chi connectivity index (χ4v) is 3.29. The lowest BCUT2D eigenvalue weighted by Crippen LogP contribution is -2.25. The van der Waals surface area contributed by atoms with Gasteiger partial charge in [-0.15, -0.1) is 0 Å². The Morgan fingerprint density at radius 2 is 1.89 bits per heavy atom. The number of hydrogen-bond acceptors (Lipinski definition) is 5. The van der Waals surface area contributed by atoms with Crippen LogP contribution in [-0.4, -0.2) is 62.4 Å². The molecule has 36 heavy (non-hydrogen) atoms. The molecule has 0 aliphatic carbocycles. The molecule has 0 radical (unpaired) electrons. The van der Waals surface area contributed by atoms with Gasteiger partial charge in [0.2, 0.25) is 0 Å². The Bertz CT molecular complexity index is 1300. The lowest BCUT2D eigenvalue weighted by Gasteiger charge is -2.04. The number of carboxylic acid groups (broad SMARTS) is 1. The van der Waals surface area contributed by atoms with Crippen molar-refractivity contribution in [2.45, 2.75) is 19.1 Å². The van der Waals surface area contributed by atoms with Gasteiger partial charge in [0.25, 0.3) is 5.91 Å². The number of imidazole rings is 1. The molecule has 4 aromatic rings. The third-order valence-corrected chi connectivity index (χ3v) is 5.01. The van der Waals surface area contributed by atoms with Gasteiger partial charge >= 0.3 is 12.1 Å². The predicted octanol–water partition coefficient (Wildman–Crippen LogP) is 3.45. The van der Waals surface area contributed by atoms with E-state index < -0.39 is 12.1 Å². The fraction of sp³-hybridized carbons (Fsp3) is 0.250. The van der Waals surface area contributed by atoms with Gasteiger partial charge in [-0.3, -0.25) is 9.78 Å². The number of carbonyl (C=O) groups excluding carboxylic acids is 1. The van der Waals surface area contributed by atoms with E-state index in [2.05, 4.69) is 15.3 Å². The van der Waals surface area contributed by atoms with Crippen LogP contribution in [0.25, 0.3) is 16.9 Å². The molecule has 0 bridgehead atoms. The Balaban J connectivity index is 0.000000454. The second-order valence-electron chi connectivity index (χ2n) is 7.52. The molecule has 0 unspecified atom stereocenters. The number of alkyl halides is 3. The number of halogens is 3.